The maximum absolute atomic E-state index is 12.9. The molecule has 4 fully saturated rings. The highest BCUT2D eigenvalue weighted by Gasteiger charge is 2.38. The van der Waals surface area contributed by atoms with Gasteiger partial charge in [-0.1, -0.05) is 0 Å². The van der Waals surface area contributed by atoms with Crippen molar-refractivity contribution in [3.8, 4) is 0 Å². The molecule has 5 nitrogen and oxygen atoms in total. The molecule has 0 unspecified atom stereocenters. The van der Waals surface area contributed by atoms with Gasteiger partial charge in [0.25, 0.3) is 0 Å². The van der Waals surface area contributed by atoms with Crippen molar-refractivity contribution in [1.29, 1.82) is 0 Å². The summed E-state index contributed by atoms with van der Waals surface area (Å²) in [4.78, 5) is 17.8. The third kappa shape index (κ3) is 3.42. The summed E-state index contributed by atoms with van der Waals surface area (Å²) < 4.78 is 0. The Labute approximate surface area is 156 Å². The molecule has 1 amide bonds. The number of nitrogens with one attached hydrogen (secondary N) is 1. The van der Waals surface area contributed by atoms with Gasteiger partial charge in [-0.3, -0.25) is 14.8 Å². The van der Waals surface area contributed by atoms with Crippen molar-refractivity contribution in [3.05, 3.63) is 17.0 Å². The van der Waals surface area contributed by atoms with Crippen molar-refractivity contribution in [2.45, 2.75) is 70.3 Å². The van der Waals surface area contributed by atoms with E-state index in [-0.39, 0.29) is 0 Å². The molecular formula is C21H32N4O. The SMILES string of the molecule is O=C(CCc1n[nH]c2c1CCCC2)N1C[C@@H]2CC[C@H](C1)N(CC1CC1)C2. The number of carbonyl (C=O) groups is 1. The molecular weight excluding hydrogens is 324 g/mol. The number of hydrogen-bond donors (Lipinski definition) is 1. The highest BCUT2D eigenvalue weighted by molar-refractivity contribution is 5.76. The minimum atomic E-state index is 0.350. The molecule has 3 saturated heterocycles. The Kier molecular flexibility index (Phi) is 4.51. The number of H-pyrrole nitrogens is 1. The number of carbonyl (C=O) groups excluding carboxylic acids is 1. The average molecular weight is 357 g/mol. The molecule has 0 spiro atoms. The lowest BCUT2D eigenvalue weighted by atomic mass is 9.94. The van der Waals surface area contributed by atoms with Crippen molar-refractivity contribution in [3.63, 3.8) is 0 Å². The minimum Gasteiger partial charge on any atom is -0.341 e. The van der Waals surface area contributed by atoms with Gasteiger partial charge in [0.2, 0.25) is 5.91 Å². The molecule has 1 aromatic rings. The summed E-state index contributed by atoms with van der Waals surface area (Å²) in [5.74, 6) is 1.99. The molecule has 6 rings (SSSR count). The largest absolute Gasteiger partial charge is 0.341 e. The fourth-order valence-corrected chi connectivity index (χ4v) is 5.38. The van der Waals surface area contributed by atoms with Gasteiger partial charge in [0.05, 0.1) is 5.69 Å². The van der Waals surface area contributed by atoms with Gasteiger partial charge >= 0.3 is 0 Å². The van der Waals surface area contributed by atoms with E-state index < -0.39 is 0 Å². The fourth-order valence-electron chi connectivity index (χ4n) is 5.38. The van der Waals surface area contributed by atoms with Gasteiger partial charge < -0.3 is 4.90 Å². The van der Waals surface area contributed by atoms with Crippen LogP contribution in [0.1, 0.15) is 61.9 Å². The van der Waals surface area contributed by atoms with Crippen molar-refractivity contribution in [2.24, 2.45) is 11.8 Å². The molecule has 2 atom stereocenters. The summed E-state index contributed by atoms with van der Waals surface area (Å²) in [6.45, 7) is 4.44. The number of aromatic nitrogens is 2. The summed E-state index contributed by atoms with van der Waals surface area (Å²) >= 11 is 0. The third-order valence-electron chi connectivity index (χ3n) is 7.09. The third-order valence-corrected chi connectivity index (χ3v) is 7.09. The maximum Gasteiger partial charge on any atom is 0.223 e. The maximum atomic E-state index is 12.9. The predicted molar refractivity (Wildman–Crippen MR) is 101 cm³/mol. The van der Waals surface area contributed by atoms with Crippen LogP contribution in [0.3, 0.4) is 0 Å². The number of rotatable bonds is 5. The van der Waals surface area contributed by atoms with E-state index in [0.29, 0.717) is 24.3 Å². The molecule has 5 heteroatoms. The Hall–Kier alpha value is -1.36. The van der Waals surface area contributed by atoms with E-state index in [0.717, 1.165) is 44.0 Å². The van der Waals surface area contributed by atoms with Gasteiger partial charge in [0.15, 0.2) is 0 Å². The molecule has 3 aliphatic heterocycles. The number of aromatic amines is 1. The first-order valence-corrected chi connectivity index (χ1v) is 10.8. The molecule has 26 heavy (non-hydrogen) atoms. The zero-order valence-electron chi connectivity index (χ0n) is 15.9. The second kappa shape index (κ2) is 6.99. The molecule has 4 heterocycles. The van der Waals surface area contributed by atoms with Gasteiger partial charge in [-0.05, 0) is 68.8 Å². The monoisotopic (exact) mass is 356 g/mol. The normalized spacial score (nSPS) is 28.8. The summed E-state index contributed by atoms with van der Waals surface area (Å²) in [6, 6.07) is 0.608. The van der Waals surface area contributed by atoms with Crippen LogP contribution in [-0.4, -0.2) is 58.1 Å². The van der Waals surface area contributed by atoms with Crippen LogP contribution in [-0.2, 0) is 24.1 Å². The van der Waals surface area contributed by atoms with Crippen LogP contribution in [0.2, 0.25) is 0 Å². The van der Waals surface area contributed by atoms with Crippen LogP contribution < -0.4 is 0 Å². The molecule has 1 saturated carbocycles. The van der Waals surface area contributed by atoms with E-state index in [9.17, 15) is 4.79 Å². The Bertz CT molecular complexity index is 665. The number of amides is 1. The molecule has 2 aliphatic carbocycles. The summed E-state index contributed by atoms with van der Waals surface area (Å²) in [5, 5.41) is 7.74. The smallest absolute Gasteiger partial charge is 0.223 e. The Morgan fingerprint density at radius 2 is 1.96 bits per heavy atom. The van der Waals surface area contributed by atoms with E-state index in [4.69, 9.17) is 0 Å². The highest BCUT2D eigenvalue weighted by Crippen LogP contribution is 2.35. The fraction of sp³-hybridized carbons (Fsp3) is 0.810. The molecule has 1 N–H and O–H groups in total. The molecule has 0 aromatic carbocycles. The van der Waals surface area contributed by atoms with E-state index in [2.05, 4.69) is 20.0 Å². The molecule has 2 bridgehead atoms. The van der Waals surface area contributed by atoms with E-state index >= 15 is 0 Å². The number of aryl methyl sites for hydroxylation is 2. The van der Waals surface area contributed by atoms with Crippen molar-refractivity contribution < 1.29 is 4.79 Å². The van der Waals surface area contributed by atoms with Gasteiger partial charge in [-0.2, -0.15) is 5.10 Å². The lowest BCUT2D eigenvalue weighted by molar-refractivity contribution is -0.131. The van der Waals surface area contributed by atoms with Gasteiger partial charge in [0.1, 0.15) is 0 Å². The van der Waals surface area contributed by atoms with Crippen molar-refractivity contribution in [1.82, 2.24) is 20.0 Å². The summed E-state index contributed by atoms with van der Waals surface area (Å²) in [5.41, 5.74) is 3.89. The van der Waals surface area contributed by atoms with E-state index in [1.165, 1.54) is 62.9 Å². The second-order valence-electron chi connectivity index (χ2n) is 9.13. The van der Waals surface area contributed by atoms with E-state index in [1.807, 2.05) is 0 Å². The first-order chi connectivity index (χ1) is 12.8. The number of piperidine rings is 1. The number of nitrogens with zero attached hydrogens (tertiary/aromatic N) is 3. The summed E-state index contributed by atoms with van der Waals surface area (Å²) in [6.07, 6.45) is 11.7. The van der Waals surface area contributed by atoms with Gasteiger partial charge in [-0.25, -0.2) is 0 Å². The lowest BCUT2D eigenvalue weighted by Gasteiger charge is -2.36. The Morgan fingerprint density at radius 1 is 1.08 bits per heavy atom. The van der Waals surface area contributed by atoms with Crippen LogP contribution in [0, 0.1) is 11.8 Å². The first-order valence-electron chi connectivity index (χ1n) is 10.8. The van der Waals surface area contributed by atoms with Crippen LogP contribution in [0.4, 0.5) is 0 Å². The number of fused-ring (bicyclic) bond motifs is 5. The van der Waals surface area contributed by atoms with Crippen LogP contribution >= 0.6 is 0 Å². The Balaban J connectivity index is 1.20. The van der Waals surface area contributed by atoms with Crippen LogP contribution in [0.15, 0.2) is 0 Å². The lowest BCUT2D eigenvalue weighted by Crippen LogP contribution is -2.45. The van der Waals surface area contributed by atoms with E-state index in [1.54, 1.807) is 0 Å². The molecule has 0 radical (unpaired) electrons. The van der Waals surface area contributed by atoms with Gasteiger partial charge in [0, 0.05) is 50.8 Å². The second-order valence-corrected chi connectivity index (χ2v) is 9.13. The van der Waals surface area contributed by atoms with Crippen molar-refractivity contribution >= 4 is 5.91 Å². The topological polar surface area (TPSA) is 52.2 Å². The Morgan fingerprint density at radius 3 is 2.85 bits per heavy atom. The average Bonchev–Trinajstić information content (AvgIpc) is 3.44. The minimum absolute atomic E-state index is 0.350. The molecule has 142 valence electrons. The van der Waals surface area contributed by atoms with Crippen LogP contribution in [0.5, 0.6) is 0 Å². The van der Waals surface area contributed by atoms with Crippen LogP contribution in [0.25, 0.3) is 0 Å². The highest BCUT2D eigenvalue weighted by atomic mass is 16.2. The van der Waals surface area contributed by atoms with Gasteiger partial charge in [-0.15, -0.1) is 0 Å². The molecule has 1 aromatic heterocycles. The standard InChI is InChI=1S/C21H32N4O/c26-21(10-9-20-18-3-1-2-4-19(18)22-23-20)25-13-16-7-8-17(14-25)24(12-16)11-15-5-6-15/h15-17H,1-14H2,(H,22,23)/t16-,17-/m1/s1. The zero-order chi connectivity index (χ0) is 17.5. The quantitative estimate of drug-likeness (QED) is 0.882. The zero-order valence-corrected chi connectivity index (χ0v) is 15.9. The van der Waals surface area contributed by atoms with Crippen molar-refractivity contribution in [2.75, 3.05) is 26.2 Å². The number of hydrogen-bond acceptors (Lipinski definition) is 3. The first kappa shape index (κ1) is 16.8. The predicted octanol–water partition coefficient (Wildman–Crippen LogP) is 2.55. The molecule has 5 aliphatic rings. The summed E-state index contributed by atoms with van der Waals surface area (Å²) in [7, 11) is 0.